The number of nitrogens with zero attached hydrogens (tertiary/aromatic N) is 2. The minimum Gasteiger partial charge on any atom is -0.491 e. The van der Waals surface area contributed by atoms with Crippen LogP contribution < -0.4 is 10.1 Å². The van der Waals surface area contributed by atoms with Crippen molar-refractivity contribution in [1.29, 1.82) is 0 Å². The number of nitrogens with one attached hydrogen (secondary N) is 1. The van der Waals surface area contributed by atoms with Gasteiger partial charge in [-0.05, 0) is 62.1 Å². The lowest BCUT2D eigenvalue weighted by atomic mass is 9.88. The predicted octanol–water partition coefficient (Wildman–Crippen LogP) is 2.35. The summed E-state index contributed by atoms with van der Waals surface area (Å²) in [6.45, 7) is 3.42. The topological polar surface area (TPSA) is 125 Å². The van der Waals surface area contributed by atoms with E-state index in [4.69, 9.17) is 9.47 Å². The minimum absolute atomic E-state index is 0.000460. The zero-order valence-corrected chi connectivity index (χ0v) is 25.6. The molecule has 2 aromatic rings. The first-order valence-corrected chi connectivity index (χ1v) is 16.5. The smallest absolute Gasteiger partial charge is 0.243 e. The summed E-state index contributed by atoms with van der Waals surface area (Å²) in [4.78, 5) is 0.421. The molecular formula is C26H36BrN3O7S2. The van der Waals surface area contributed by atoms with Gasteiger partial charge in [-0.25, -0.2) is 21.1 Å². The van der Waals surface area contributed by atoms with Gasteiger partial charge in [-0.1, -0.05) is 22.0 Å². The second-order valence-electron chi connectivity index (χ2n) is 10.3. The van der Waals surface area contributed by atoms with Gasteiger partial charge in [0, 0.05) is 50.3 Å². The van der Waals surface area contributed by atoms with Gasteiger partial charge in [-0.15, -0.1) is 0 Å². The maximum absolute atomic E-state index is 13.1. The van der Waals surface area contributed by atoms with Gasteiger partial charge in [0.1, 0.15) is 18.5 Å². The zero-order chi connectivity index (χ0) is 28.4. The zero-order valence-electron chi connectivity index (χ0n) is 22.3. The maximum atomic E-state index is 13.1. The quantitative estimate of drug-likeness (QED) is 0.403. The van der Waals surface area contributed by atoms with E-state index >= 15 is 0 Å². The molecule has 0 radical (unpaired) electrons. The molecule has 2 saturated heterocycles. The number of ether oxygens (including phenoxy) is 2. The van der Waals surface area contributed by atoms with Crippen LogP contribution in [0.15, 0.2) is 56.7 Å². The Balaban J connectivity index is 1.24. The predicted molar refractivity (Wildman–Crippen MR) is 151 cm³/mol. The van der Waals surface area contributed by atoms with Crippen LogP contribution in [0.5, 0.6) is 5.75 Å². The number of hydrogen-bond acceptors (Lipinski definition) is 8. The first-order chi connectivity index (χ1) is 18.3. The van der Waals surface area contributed by atoms with E-state index in [0.29, 0.717) is 43.2 Å². The third-order valence-corrected chi connectivity index (χ3v) is 11.9. The average molecular weight is 647 g/mol. The van der Waals surface area contributed by atoms with E-state index in [-0.39, 0.29) is 29.7 Å². The number of piperidine rings is 1. The normalized spacial score (nSPS) is 20.9. The van der Waals surface area contributed by atoms with Crippen LogP contribution in [0.1, 0.15) is 24.8 Å². The fraction of sp³-hybridized carbons (Fsp3) is 0.538. The maximum Gasteiger partial charge on any atom is 0.243 e. The molecule has 0 amide bonds. The lowest BCUT2D eigenvalue weighted by Gasteiger charge is -2.38. The van der Waals surface area contributed by atoms with Gasteiger partial charge in [0.05, 0.1) is 22.0 Å². The molecule has 2 aromatic carbocycles. The second-order valence-corrected chi connectivity index (χ2v) is 15.3. The number of aliphatic hydroxyl groups excluding tert-OH is 1. The Kier molecular flexibility index (Phi) is 9.44. The van der Waals surface area contributed by atoms with Crippen LogP contribution in [0.25, 0.3) is 0 Å². The van der Waals surface area contributed by atoms with E-state index in [9.17, 15) is 21.9 Å². The monoisotopic (exact) mass is 645 g/mol. The van der Waals surface area contributed by atoms with Crippen molar-refractivity contribution >= 4 is 36.0 Å². The summed E-state index contributed by atoms with van der Waals surface area (Å²) >= 11 is 3.42. The van der Waals surface area contributed by atoms with Crippen molar-refractivity contribution in [2.24, 2.45) is 0 Å². The van der Waals surface area contributed by atoms with Crippen LogP contribution >= 0.6 is 15.9 Å². The molecule has 0 aliphatic carbocycles. The van der Waals surface area contributed by atoms with Crippen LogP contribution in [0.4, 0.5) is 0 Å². The molecule has 13 heteroatoms. The molecule has 2 atom stereocenters. The molecule has 2 fully saturated rings. The molecule has 39 heavy (non-hydrogen) atoms. The number of aliphatic hydroxyl groups is 1. The summed E-state index contributed by atoms with van der Waals surface area (Å²) in [5.41, 5.74) is 0.495. The third-order valence-electron chi connectivity index (χ3n) is 7.28. The van der Waals surface area contributed by atoms with Crippen LogP contribution in [-0.4, -0.2) is 95.2 Å². The van der Waals surface area contributed by atoms with E-state index in [0.717, 1.165) is 20.8 Å². The van der Waals surface area contributed by atoms with Gasteiger partial charge in [0.15, 0.2) is 0 Å². The SMILES string of the molecule is Cc1cc(S(=O)(=O)N2CCC3(CC2)CC(NC[C@H](O)COc2cccc(S(=O)(=O)N(C)C)c2)CO3)ccc1Br. The van der Waals surface area contributed by atoms with Crippen LogP contribution in [0.3, 0.4) is 0 Å². The molecular weight excluding hydrogens is 610 g/mol. The second kappa shape index (κ2) is 12.1. The average Bonchev–Trinajstić information content (AvgIpc) is 3.30. The first kappa shape index (κ1) is 30.4. The third kappa shape index (κ3) is 7.02. The highest BCUT2D eigenvalue weighted by molar-refractivity contribution is 9.10. The molecule has 4 rings (SSSR count). The van der Waals surface area contributed by atoms with Gasteiger partial charge in [-0.3, -0.25) is 0 Å². The molecule has 10 nitrogen and oxygen atoms in total. The van der Waals surface area contributed by atoms with Crippen molar-refractivity contribution in [3.8, 4) is 5.75 Å². The fourth-order valence-electron chi connectivity index (χ4n) is 4.87. The van der Waals surface area contributed by atoms with Gasteiger partial charge in [0.25, 0.3) is 0 Å². The van der Waals surface area contributed by atoms with E-state index in [2.05, 4.69) is 21.2 Å². The van der Waals surface area contributed by atoms with Gasteiger partial charge < -0.3 is 19.9 Å². The molecule has 0 saturated carbocycles. The largest absolute Gasteiger partial charge is 0.491 e. The Morgan fingerprint density at radius 2 is 1.87 bits per heavy atom. The lowest BCUT2D eigenvalue weighted by molar-refractivity contribution is -0.0312. The van der Waals surface area contributed by atoms with Crippen molar-refractivity contribution < 1.29 is 31.4 Å². The number of hydrogen-bond donors (Lipinski definition) is 2. The number of aryl methyl sites for hydroxylation is 1. The van der Waals surface area contributed by atoms with Crippen LogP contribution in [-0.2, 0) is 24.8 Å². The molecule has 1 spiro atoms. The summed E-state index contributed by atoms with van der Waals surface area (Å²) in [7, 11) is -4.22. The Bertz CT molecular complexity index is 1380. The van der Waals surface area contributed by atoms with E-state index in [1.165, 1.54) is 30.5 Å². The summed E-state index contributed by atoms with van der Waals surface area (Å²) < 4.78 is 66.3. The first-order valence-electron chi connectivity index (χ1n) is 12.8. The number of rotatable bonds is 10. The lowest BCUT2D eigenvalue weighted by Crippen LogP contribution is -2.47. The molecule has 0 aromatic heterocycles. The van der Waals surface area contributed by atoms with E-state index in [1.807, 2.05) is 6.92 Å². The summed E-state index contributed by atoms with van der Waals surface area (Å²) in [6, 6.07) is 11.3. The molecule has 2 heterocycles. The molecule has 2 N–H and O–H groups in total. The highest BCUT2D eigenvalue weighted by Gasteiger charge is 2.44. The Labute approximate surface area is 239 Å². The molecule has 216 valence electrons. The van der Waals surface area contributed by atoms with E-state index in [1.54, 1.807) is 30.3 Å². The van der Waals surface area contributed by atoms with Crippen LogP contribution in [0, 0.1) is 6.92 Å². The van der Waals surface area contributed by atoms with Crippen molar-refractivity contribution in [2.75, 3.05) is 46.9 Å². The molecule has 1 unspecified atom stereocenters. The molecule has 0 bridgehead atoms. The van der Waals surface area contributed by atoms with Gasteiger partial charge in [-0.2, -0.15) is 4.31 Å². The number of sulfonamides is 2. The number of benzene rings is 2. The van der Waals surface area contributed by atoms with Crippen molar-refractivity contribution in [1.82, 2.24) is 13.9 Å². The summed E-state index contributed by atoms with van der Waals surface area (Å²) in [5, 5.41) is 13.8. The van der Waals surface area contributed by atoms with Crippen molar-refractivity contribution in [3.05, 3.63) is 52.5 Å². The summed E-state index contributed by atoms with van der Waals surface area (Å²) in [5.74, 6) is 0.361. The number of halogens is 1. The highest BCUT2D eigenvalue weighted by Crippen LogP contribution is 2.37. The molecule has 2 aliphatic heterocycles. The van der Waals surface area contributed by atoms with Gasteiger partial charge >= 0.3 is 0 Å². The molecule has 2 aliphatic rings. The van der Waals surface area contributed by atoms with Crippen molar-refractivity contribution in [3.63, 3.8) is 0 Å². The Morgan fingerprint density at radius 3 is 2.54 bits per heavy atom. The fourth-order valence-corrected chi connectivity index (χ4v) is 7.58. The standard InChI is InChI=1S/C26H36BrN3O7S2/c1-19-13-24(7-8-25(19)27)39(34,35)30-11-9-26(10-12-30)15-20(17-37-26)28-16-21(31)18-36-22-5-4-6-23(14-22)38(32,33)29(2)3/h4-8,13-14,20-21,28,31H,9-12,15-18H2,1-3H3/t20?,21-/m0/s1. The summed E-state index contributed by atoms with van der Waals surface area (Å²) in [6.07, 6.45) is 1.14. The van der Waals surface area contributed by atoms with Gasteiger partial charge in [0.2, 0.25) is 20.0 Å². The van der Waals surface area contributed by atoms with E-state index < -0.39 is 26.2 Å². The Hall–Kier alpha value is -1.58. The van der Waals surface area contributed by atoms with Crippen LogP contribution in [0.2, 0.25) is 0 Å². The van der Waals surface area contributed by atoms with Crippen molar-refractivity contribution in [2.45, 2.75) is 53.7 Å². The minimum atomic E-state index is -3.58. The Morgan fingerprint density at radius 1 is 1.15 bits per heavy atom. The highest BCUT2D eigenvalue weighted by atomic mass is 79.9.